The maximum atomic E-state index is 13.7. The van der Waals surface area contributed by atoms with Crippen molar-refractivity contribution in [3.8, 4) is 11.1 Å². The quantitative estimate of drug-likeness (QED) is 0.0997. The van der Waals surface area contributed by atoms with Gasteiger partial charge in [0.1, 0.15) is 12.1 Å². The number of aryl methyl sites for hydroxylation is 1. The molecule has 14 heteroatoms. The Balaban J connectivity index is 1.25. The molecule has 2 aliphatic rings. The van der Waals surface area contributed by atoms with Crippen LogP contribution in [0.5, 0.6) is 0 Å². The normalized spacial score (nSPS) is 16.2. The highest BCUT2D eigenvalue weighted by atomic mass is 16.4. The molecule has 14 nitrogen and oxygen atoms in total. The first-order valence-corrected chi connectivity index (χ1v) is 18.5. The van der Waals surface area contributed by atoms with Gasteiger partial charge in [-0.3, -0.25) is 29.8 Å². The number of hydrogen-bond donors (Lipinski definition) is 6. The van der Waals surface area contributed by atoms with Crippen LogP contribution in [0.2, 0.25) is 0 Å². The lowest BCUT2D eigenvalue weighted by atomic mass is 9.94. The monoisotopic (exact) mass is 760 g/mol. The second kappa shape index (κ2) is 17.2. The fraction of sp³-hybridized carbons (Fsp3) is 0.286. The standard InChI is InChI=1S/C42H44N6O8/c1-25-21-31(38(46-42(55)56)26(2)37(25)45-40(52)34-16-10-20-48(34)36(50)23-28-13-7-4-8-14-28)30-18-17-29(24-32(30)44-41(53)54)43-39(51)33-15-9-19-47(33)35(49)22-27-11-5-3-6-12-27/h3-8,11-14,17-18,21,24,33-34,44,46H,9-10,15-16,19-20,22-23H2,1-2H3,(H,43,51)(H,45,52)(H,53,54)(H,55,56)/t33?,34-/m1/s1. The van der Waals surface area contributed by atoms with Crippen molar-refractivity contribution >= 4 is 58.6 Å². The molecule has 2 aliphatic heterocycles. The molecule has 6 amide bonds. The number of carboxylic acid groups (broad SMARTS) is 2. The van der Waals surface area contributed by atoms with Gasteiger partial charge in [0, 0.05) is 35.6 Å². The third-order valence-corrected chi connectivity index (χ3v) is 10.2. The minimum atomic E-state index is -1.39. The molecule has 56 heavy (non-hydrogen) atoms. The van der Waals surface area contributed by atoms with Crippen LogP contribution < -0.4 is 21.3 Å². The highest BCUT2D eigenvalue weighted by Gasteiger charge is 2.36. The zero-order chi connectivity index (χ0) is 39.9. The minimum absolute atomic E-state index is 0.0567. The zero-order valence-electron chi connectivity index (χ0n) is 31.1. The fourth-order valence-corrected chi connectivity index (χ4v) is 7.58. The Morgan fingerprint density at radius 2 is 1.12 bits per heavy atom. The molecule has 4 aromatic rings. The molecule has 0 aromatic heterocycles. The van der Waals surface area contributed by atoms with Gasteiger partial charge in [-0.25, -0.2) is 9.59 Å². The van der Waals surface area contributed by atoms with Crippen LogP contribution >= 0.6 is 0 Å². The minimum Gasteiger partial charge on any atom is -0.465 e. The zero-order valence-corrected chi connectivity index (χ0v) is 31.1. The lowest BCUT2D eigenvalue weighted by Gasteiger charge is -2.26. The molecule has 0 aliphatic carbocycles. The first-order valence-electron chi connectivity index (χ1n) is 18.5. The highest BCUT2D eigenvalue weighted by Crippen LogP contribution is 2.42. The molecular weight excluding hydrogens is 716 g/mol. The van der Waals surface area contributed by atoms with Crippen molar-refractivity contribution in [3.63, 3.8) is 0 Å². The molecular formula is C42H44N6O8. The van der Waals surface area contributed by atoms with Crippen LogP contribution in [-0.2, 0) is 32.0 Å². The maximum absolute atomic E-state index is 13.7. The molecule has 4 aromatic carbocycles. The van der Waals surface area contributed by atoms with Crippen molar-refractivity contribution in [1.29, 1.82) is 0 Å². The number of nitrogens with zero attached hydrogens (tertiary/aromatic N) is 2. The molecule has 0 saturated carbocycles. The SMILES string of the molecule is Cc1cc(-c2ccc(NC(=O)C3CCCN3C(=O)Cc3ccccc3)cc2NC(=O)O)c(NC(=O)O)c(C)c1NC(=O)[C@H]1CCCN1C(=O)Cc1ccccc1. The van der Waals surface area contributed by atoms with Crippen molar-refractivity contribution in [2.24, 2.45) is 0 Å². The molecule has 0 bridgehead atoms. The topological polar surface area (TPSA) is 197 Å². The van der Waals surface area contributed by atoms with Gasteiger partial charge in [-0.2, -0.15) is 0 Å². The van der Waals surface area contributed by atoms with Gasteiger partial charge in [0.2, 0.25) is 23.6 Å². The van der Waals surface area contributed by atoms with Crippen LogP contribution in [0, 0.1) is 13.8 Å². The van der Waals surface area contributed by atoms with Crippen LogP contribution in [-0.4, -0.2) is 81.0 Å². The largest absolute Gasteiger partial charge is 0.465 e. The van der Waals surface area contributed by atoms with Crippen molar-refractivity contribution < 1.29 is 39.0 Å². The maximum Gasteiger partial charge on any atom is 0.409 e. The van der Waals surface area contributed by atoms with Gasteiger partial charge < -0.3 is 30.6 Å². The van der Waals surface area contributed by atoms with Crippen LogP contribution in [0.4, 0.5) is 32.3 Å². The number of carbonyl (C=O) groups excluding carboxylic acids is 4. The van der Waals surface area contributed by atoms with Crippen LogP contribution in [0.25, 0.3) is 11.1 Å². The van der Waals surface area contributed by atoms with Gasteiger partial charge in [-0.05, 0) is 80.0 Å². The second-order valence-corrected chi connectivity index (χ2v) is 14.0. The number of rotatable bonds is 11. The summed E-state index contributed by atoms with van der Waals surface area (Å²) in [6.45, 7) is 4.24. The molecule has 0 radical (unpaired) electrons. The van der Waals surface area contributed by atoms with Gasteiger partial charge in [-0.15, -0.1) is 0 Å². The van der Waals surface area contributed by atoms with E-state index in [0.29, 0.717) is 66.7 Å². The van der Waals surface area contributed by atoms with E-state index < -0.39 is 36.1 Å². The van der Waals surface area contributed by atoms with E-state index in [0.717, 1.165) is 11.1 Å². The van der Waals surface area contributed by atoms with Gasteiger partial charge in [0.15, 0.2) is 0 Å². The first kappa shape index (κ1) is 39.0. The second-order valence-electron chi connectivity index (χ2n) is 14.0. The number of amides is 6. The number of likely N-dealkylation sites (tertiary alicyclic amines) is 2. The Kier molecular flexibility index (Phi) is 12.0. The third-order valence-electron chi connectivity index (χ3n) is 10.2. The van der Waals surface area contributed by atoms with Gasteiger partial charge in [0.05, 0.1) is 24.2 Å². The number of carbonyl (C=O) groups is 6. The van der Waals surface area contributed by atoms with Crippen LogP contribution in [0.15, 0.2) is 84.9 Å². The highest BCUT2D eigenvalue weighted by molar-refractivity contribution is 6.05. The van der Waals surface area contributed by atoms with E-state index >= 15 is 0 Å². The van der Waals surface area contributed by atoms with Crippen LogP contribution in [0.3, 0.4) is 0 Å². The smallest absolute Gasteiger partial charge is 0.409 e. The molecule has 2 fully saturated rings. The number of benzene rings is 4. The lowest BCUT2D eigenvalue weighted by molar-refractivity contribution is -0.136. The summed E-state index contributed by atoms with van der Waals surface area (Å²) < 4.78 is 0. The van der Waals surface area contributed by atoms with E-state index in [4.69, 9.17) is 0 Å². The van der Waals surface area contributed by atoms with Crippen molar-refractivity contribution in [2.45, 2.75) is 64.5 Å². The van der Waals surface area contributed by atoms with E-state index in [1.807, 2.05) is 60.7 Å². The predicted octanol–water partition coefficient (Wildman–Crippen LogP) is 6.49. The summed E-state index contributed by atoms with van der Waals surface area (Å²) in [5.41, 5.74) is 4.00. The summed E-state index contributed by atoms with van der Waals surface area (Å²) in [7, 11) is 0. The summed E-state index contributed by atoms with van der Waals surface area (Å²) in [4.78, 5) is 80.9. The molecule has 1 unspecified atom stereocenters. The molecule has 0 spiro atoms. The summed E-state index contributed by atoms with van der Waals surface area (Å²) in [5.74, 6) is -1.15. The summed E-state index contributed by atoms with van der Waals surface area (Å²) in [5, 5.41) is 30.2. The van der Waals surface area contributed by atoms with E-state index in [1.165, 1.54) is 6.07 Å². The number of hydrogen-bond acceptors (Lipinski definition) is 6. The third kappa shape index (κ3) is 8.97. The fourth-order valence-electron chi connectivity index (χ4n) is 7.58. The average Bonchev–Trinajstić information content (AvgIpc) is 3.87. The predicted molar refractivity (Wildman–Crippen MR) is 212 cm³/mol. The summed E-state index contributed by atoms with van der Waals surface area (Å²) >= 11 is 0. The molecule has 6 rings (SSSR count). The van der Waals surface area contributed by atoms with E-state index in [9.17, 15) is 39.0 Å². The van der Waals surface area contributed by atoms with Crippen LogP contribution in [0.1, 0.15) is 47.9 Å². The lowest BCUT2D eigenvalue weighted by Crippen LogP contribution is -2.44. The Labute approximate surface area is 323 Å². The van der Waals surface area contributed by atoms with E-state index in [-0.39, 0.29) is 41.7 Å². The molecule has 6 N–H and O–H groups in total. The Morgan fingerprint density at radius 1 is 0.607 bits per heavy atom. The number of anilines is 4. The molecule has 2 saturated heterocycles. The Hall–Kier alpha value is -6.70. The number of nitrogens with one attached hydrogen (secondary N) is 4. The van der Waals surface area contributed by atoms with E-state index in [2.05, 4.69) is 21.3 Å². The Bertz CT molecular complexity index is 2160. The molecule has 2 atom stereocenters. The van der Waals surface area contributed by atoms with Crippen molar-refractivity contribution in [1.82, 2.24) is 9.80 Å². The first-order chi connectivity index (χ1) is 26.9. The Morgan fingerprint density at radius 3 is 1.64 bits per heavy atom. The van der Waals surface area contributed by atoms with Gasteiger partial charge >= 0.3 is 12.2 Å². The molecule has 290 valence electrons. The van der Waals surface area contributed by atoms with Gasteiger partial charge in [-0.1, -0.05) is 66.7 Å². The van der Waals surface area contributed by atoms with Gasteiger partial charge in [0.25, 0.3) is 0 Å². The van der Waals surface area contributed by atoms with E-state index in [1.54, 1.807) is 41.8 Å². The summed E-state index contributed by atoms with van der Waals surface area (Å²) in [6, 6.07) is 23.3. The van der Waals surface area contributed by atoms with Crippen molar-refractivity contribution in [2.75, 3.05) is 34.4 Å². The average molecular weight is 761 g/mol. The van der Waals surface area contributed by atoms with Crippen molar-refractivity contribution in [3.05, 3.63) is 107 Å². The summed E-state index contributed by atoms with van der Waals surface area (Å²) in [6.07, 6.45) is -0.205. The molecule has 2 heterocycles.